The number of ether oxygens (including phenoxy) is 3. The van der Waals surface area contributed by atoms with Gasteiger partial charge in [-0.2, -0.15) is 0 Å². The summed E-state index contributed by atoms with van der Waals surface area (Å²) in [5, 5.41) is 0. The molecular weight excluding hydrogens is 264 g/mol. The van der Waals surface area contributed by atoms with E-state index < -0.39 is 17.9 Å². The van der Waals surface area contributed by atoms with Crippen LogP contribution in [0.5, 0.6) is 0 Å². The molecule has 0 bridgehead atoms. The smallest absolute Gasteiger partial charge is 0.417 e. The van der Waals surface area contributed by atoms with Gasteiger partial charge in [0, 0.05) is 11.5 Å². The quantitative estimate of drug-likeness (QED) is 0.306. The molecule has 6 nitrogen and oxygen atoms in total. The third-order valence-corrected chi connectivity index (χ3v) is 2.40. The number of carbonyl (C=O) groups excluding carboxylic acids is 3. The Morgan fingerprint density at radius 2 is 1.50 bits per heavy atom. The predicted molar refractivity (Wildman–Crippen MR) is 71.7 cm³/mol. The molecule has 0 N–H and O–H groups in total. The van der Waals surface area contributed by atoms with Gasteiger partial charge in [0.2, 0.25) is 0 Å². The summed E-state index contributed by atoms with van der Waals surface area (Å²) in [6, 6.07) is 0. The maximum absolute atomic E-state index is 11.3. The van der Waals surface area contributed by atoms with E-state index in [1.165, 1.54) is 6.92 Å². The van der Waals surface area contributed by atoms with Crippen LogP contribution in [0, 0.1) is 5.92 Å². The average Bonchev–Trinajstić information content (AvgIpc) is 2.41. The highest BCUT2D eigenvalue weighted by Gasteiger charge is 2.20. The van der Waals surface area contributed by atoms with Crippen molar-refractivity contribution in [3.8, 4) is 0 Å². The Kier molecular flexibility index (Phi) is 8.27. The first-order valence-corrected chi connectivity index (χ1v) is 6.48. The van der Waals surface area contributed by atoms with Crippen molar-refractivity contribution in [2.24, 2.45) is 5.92 Å². The van der Waals surface area contributed by atoms with Crippen molar-refractivity contribution in [1.29, 1.82) is 0 Å². The lowest BCUT2D eigenvalue weighted by atomic mass is 10.2. The van der Waals surface area contributed by atoms with E-state index in [9.17, 15) is 14.4 Å². The minimum absolute atomic E-state index is 0.0299. The fourth-order valence-electron chi connectivity index (χ4n) is 0.980. The molecule has 0 saturated heterocycles. The molecule has 114 valence electrons. The second-order valence-corrected chi connectivity index (χ2v) is 4.71. The Labute approximate surface area is 119 Å². The Morgan fingerprint density at radius 1 is 1.00 bits per heavy atom. The first kappa shape index (κ1) is 18.1. The van der Waals surface area contributed by atoms with Gasteiger partial charge in [0.05, 0.1) is 19.3 Å². The van der Waals surface area contributed by atoms with Crippen molar-refractivity contribution >= 4 is 17.9 Å². The van der Waals surface area contributed by atoms with E-state index in [0.717, 1.165) is 0 Å². The summed E-state index contributed by atoms with van der Waals surface area (Å²) in [5.41, 5.74) is 0.298. The normalized spacial score (nSPS) is 13.0. The Balaban J connectivity index is 3.97. The maximum Gasteiger partial charge on any atom is 0.417 e. The van der Waals surface area contributed by atoms with Gasteiger partial charge in [-0.05, 0) is 20.3 Å². The number of hydrogen-bond acceptors (Lipinski definition) is 6. The topological polar surface area (TPSA) is 78.9 Å². The van der Waals surface area contributed by atoms with Crippen molar-refractivity contribution in [1.82, 2.24) is 0 Å². The van der Waals surface area contributed by atoms with Crippen LogP contribution < -0.4 is 0 Å². The molecule has 0 fully saturated rings. The monoisotopic (exact) mass is 286 g/mol. The highest BCUT2D eigenvalue weighted by molar-refractivity contribution is 6.29. The first-order valence-electron chi connectivity index (χ1n) is 6.48. The van der Waals surface area contributed by atoms with Gasteiger partial charge < -0.3 is 14.2 Å². The molecule has 6 heteroatoms. The van der Waals surface area contributed by atoms with Crippen LogP contribution in [0.2, 0.25) is 0 Å². The molecule has 0 aliphatic heterocycles. The van der Waals surface area contributed by atoms with E-state index >= 15 is 0 Å². The largest absolute Gasteiger partial charge is 0.462 e. The van der Waals surface area contributed by atoms with Crippen LogP contribution in [0.4, 0.5) is 0 Å². The molecule has 0 aromatic carbocycles. The second-order valence-electron chi connectivity index (χ2n) is 4.71. The van der Waals surface area contributed by atoms with E-state index in [2.05, 4.69) is 6.58 Å². The minimum Gasteiger partial charge on any atom is -0.462 e. The molecule has 0 amide bonds. The molecule has 0 aliphatic rings. The Bertz CT molecular complexity index is 374. The number of carbonyl (C=O) groups is 3. The Hall–Kier alpha value is -1.85. The number of esters is 3. The zero-order valence-electron chi connectivity index (χ0n) is 12.4. The molecule has 0 aromatic rings. The molecule has 0 spiro atoms. The fourth-order valence-corrected chi connectivity index (χ4v) is 0.980. The summed E-state index contributed by atoms with van der Waals surface area (Å²) in [6.45, 7) is 10.3. The van der Waals surface area contributed by atoms with Crippen molar-refractivity contribution in [2.45, 2.75) is 40.2 Å². The van der Waals surface area contributed by atoms with E-state index in [4.69, 9.17) is 14.2 Å². The van der Waals surface area contributed by atoms with Gasteiger partial charge in [-0.1, -0.05) is 20.4 Å². The highest BCUT2D eigenvalue weighted by Crippen LogP contribution is 2.02. The van der Waals surface area contributed by atoms with Gasteiger partial charge in [0.15, 0.2) is 0 Å². The van der Waals surface area contributed by atoms with E-state index in [1.807, 2.05) is 6.92 Å². The number of rotatable bonds is 7. The van der Waals surface area contributed by atoms with E-state index in [1.54, 1.807) is 13.8 Å². The summed E-state index contributed by atoms with van der Waals surface area (Å²) in [4.78, 5) is 33.8. The lowest BCUT2D eigenvalue weighted by molar-refractivity contribution is -0.171. The van der Waals surface area contributed by atoms with Crippen LogP contribution in [-0.4, -0.2) is 37.2 Å². The molecule has 0 rings (SSSR count). The summed E-state index contributed by atoms with van der Waals surface area (Å²) >= 11 is 0. The van der Waals surface area contributed by atoms with E-state index in [-0.39, 0.29) is 25.2 Å². The van der Waals surface area contributed by atoms with Crippen molar-refractivity contribution in [2.75, 3.05) is 13.2 Å². The molecular formula is C14H22O6. The van der Waals surface area contributed by atoms with Crippen molar-refractivity contribution < 1.29 is 28.6 Å². The first-order chi connectivity index (χ1) is 9.27. The van der Waals surface area contributed by atoms with Crippen LogP contribution in [-0.2, 0) is 28.6 Å². The van der Waals surface area contributed by atoms with Gasteiger partial charge in [-0.3, -0.25) is 0 Å². The van der Waals surface area contributed by atoms with Gasteiger partial charge in [0.25, 0.3) is 0 Å². The third kappa shape index (κ3) is 7.56. The molecule has 0 aliphatic carbocycles. The average molecular weight is 286 g/mol. The lowest BCUT2D eigenvalue weighted by Gasteiger charge is -2.13. The van der Waals surface area contributed by atoms with Gasteiger partial charge in [0.1, 0.15) is 0 Å². The van der Waals surface area contributed by atoms with E-state index in [0.29, 0.717) is 12.0 Å². The standard InChI is InChI=1S/C14H22O6/c1-6-11(5)20-14(17)13(16)19-8-10(4)7-18-12(15)9(2)3/h10-11H,2,6-8H2,1,3-5H3. The molecule has 2 unspecified atom stereocenters. The molecule has 0 heterocycles. The summed E-state index contributed by atoms with van der Waals surface area (Å²) < 4.78 is 14.5. The summed E-state index contributed by atoms with van der Waals surface area (Å²) in [5.74, 6) is -2.77. The highest BCUT2D eigenvalue weighted by atomic mass is 16.6. The fraction of sp³-hybridized carbons (Fsp3) is 0.643. The van der Waals surface area contributed by atoms with Crippen LogP contribution in [0.3, 0.4) is 0 Å². The second kappa shape index (κ2) is 9.12. The molecule has 0 radical (unpaired) electrons. The maximum atomic E-state index is 11.3. The van der Waals surface area contributed by atoms with Crippen LogP contribution in [0.15, 0.2) is 12.2 Å². The van der Waals surface area contributed by atoms with Crippen molar-refractivity contribution in [3.63, 3.8) is 0 Å². The molecule has 0 saturated carbocycles. The molecule has 20 heavy (non-hydrogen) atoms. The molecule has 2 atom stereocenters. The number of hydrogen-bond donors (Lipinski definition) is 0. The zero-order valence-corrected chi connectivity index (χ0v) is 12.4. The Morgan fingerprint density at radius 3 is 1.95 bits per heavy atom. The summed E-state index contributed by atoms with van der Waals surface area (Å²) in [7, 11) is 0. The molecule has 0 aromatic heterocycles. The SMILES string of the molecule is C=C(C)C(=O)OCC(C)COC(=O)C(=O)OC(C)CC. The summed E-state index contributed by atoms with van der Waals surface area (Å²) in [6.07, 6.45) is 0.288. The van der Waals surface area contributed by atoms with Crippen molar-refractivity contribution in [3.05, 3.63) is 12.2 Å². The zero-order chi connectivity index (χ0) is 15.7. The van der Waals surface area contributed by atoms with Crippen LogP contribution in [0.1, 0.15) is 34.1 Å². The van der Waals surface area contributed by atoms with Gasteiger partial charge in [-0.25, -0.2) is 14.4 Å². The van der Waals surface area contributed by atoms with Gasteiger partial charge >= 0.3 is 17.9 Å². The predicted octanol–water partition coefficient (Wildman–Crippen LogP) is 1.63. The van der Waals surface area contributed by atoms with Gasteiger partial charge in [-0.15, -0.1) is 0 Å². The minimum atomic E-state index is -1.04. The third-order valence-electron chi connectivity index (χ3n) is 2.40. The lowest BCUT2D eigenvalue weighted by Crippen LogP contribution is -2.27. The van der Waals surface area contributed by atoms with Crippen LogP contribution >= 0.6 is 0 Å². The van der Waals surface area contributed by atoms with Crippen LogP contribution in [0.25, 0.3) is 0 Å².